The second kappa shape index (κ2) is 8.43. The molecule has 1 atom stereocenters. The normalized spacial score (nSPS) is 11.8. The molecule has 1 aromatic heterocycles. The molecule has 0 aliphatic heterocycles. The number of nitrogens with zero attached hydrogens (tertiary/aromatic N) is 4. The number of likely N-dealkylation sites (N-methyl/N-ethyl adjacent to an activating group) is 1. The number of fused-ring (bicyclic) bond motifs is 1. The van der Waals surface area contributed by atoms with Gasteiger partial charge >= 0.3 is 5.97 Å². The average molecular weight is 380 g/mol. The highest BCUT2D eigenvalue weighted by molar-refractivity contribution is 5.84. The zero-order valence-electron chi connectivity index (χ0n) is 15.6. The summed E-state index contributed by atoms with van der Waals surface area (Å²) < 4.78 is 6.53. The second-order valence-corrected chi connectivity index (χ2v) is 6.40. The summed E-state index contributed by atoms with van der Waals surface area (Å²) in [6.07, 6.45) is -1.15. The Hall–Kier alpha value is -3.55. The second-order valence-electron chi connectivity index (χ2n) is 6.40. The van der Waals surface area contributed by atoms with Crippen molar-refractivity contribution in [3.05, 3.63) is 70.5 Å². The molecule has 0 aliphatic carbocycles. The van der Waals surface area contributed by atoms with Gasteiger partial charge in [0.2, 0.25) is 6.10 Å². The minimum Gasteiger partial charge on any atom is -0.447 e. The molecule has 1 heterocycles. The Kier molecular flexibility index (Phi) is 5.78. The highest BCUT2D eigenvalue weighted by Gasteiger charge is 2.26. The third-order valence-electron chi connectivity index (χ3n) is 4.17. The quantitative estimate of drug-likeness (QED) is 0.602. The monoisotopic (exact) mass is 380 g/mol. The topological polar surface area (TPSA) is 94.4 Å². The third kappa shape index (κ3) is 4.22. The number of carbonyl (C=O) groups excluding carboxylic acids is 2. The van der Waals surface area contributed by atoms with E-state index in [9.17, 15) is 14.4 Å². The Labute approximate surface area is 161 Å². The van der Waals surface area contributed by atoms with Gasteiger partial charge in [-0.15, -0.1) is 5.10 Å². The lowest BCUT2D eigenvalue weighted by Crippen LogP contribution is -2.32. The molecule has 0 saturated heterocycles. The number of rotatable bonds is 6. The van der Waals surface area contributed by atoms with Crippen molar-refractivity contribution in [2.75, 3.05) is 14.1 Å². The maximum atomic E-state index is 12.4. The summed E-state index contributed by atoms with van der Waals surface area (Å²) in [7, 11) is 3.19. The van der Waals surface area contributed by atoms with Crippen molar-refractivity contribution in [1.82, 2.24) is 19.9 Å². The van der Waals surface area contributed by atoms with Gasteiger partial charge in [-0.2, -0.15) is 0 Å². The van der Waals surface area contributed by atoms with Crippen LogP contribution in [0.25, 0.3) is 10.9 Å². The first kappa shape index (κ1) is 19.2. The van der Waals surface area contributed by atoms with Gasteiger partial charge in [0.05, 0.1) is 18.4 Å². The van der Waals surface area contributed by atoms with Crippen LogP contribution >= 0.6 is 0 Å². The molecule has 28 heavy (non-hydrogen) atoms. The Morgan fingerprint density at radius 1 is 1.07 bits per heavy atom. The van der Waals surface area contributed by atoms with E-state index in [0.717, 1.165) is 4.68 Å². The lowest BCUT2D eigenvalue weighted by molar-refractivity contribution is -0.160. The highest BCUT2D eigenvalue weighted by atomic mass is 16.5. The molecule has 0 bridgehead atoms. The molecule has 0 radical (unpaired) electrons. The summed E-state index contributed by atoms with van der Waals surface area (Å²) in [5, 5.41) is 8.26. The molecule has 1 unspecified atom stereocenters. The van der Waals surface area contributed by atoms with Crippen LogP contribution in [0.5, 0.6) is 0 Å². The standard InChI is InChI=1S/C20H20N4O4/c1-23(2)20(27)18(14-8-4-3-5-9-14)28-17(25)12-13-24-19(26)15-10-6-7-11-16(15)21-22-24/h3-11,18H,12-13H2,1-2H3. The van der Waals surface area contributed by atoms with Gasteiger partial charge in [0.15, 0.2) is 0 Å². The Balaban J connectivity index is 1.72. The number of esters is 1. The van der Waals surface area contributed by atoms with Crippen molar-refractivity contribution in [3.63, 3.8) is 0 Å². The molecule has 3 rings (SSSR count). The van der Waals surface area contributed by atoms with E-state index in [1.54, 1.807) is 62.6 Å². The Morgan fingerprint density at radius 2 is 1.75 bits per heavy atom. The van der Waals surface area contributed by atoms with Gasteiger partial charge in [-0.1, -0.05) is 47.7 Å². The Bertz CT molecular complexity index is 1050. The van der Waals surface area contributed by atoms with Crippen LogP contribution in [0.15, 0.2) is 59.4 Å². The summed E-state index contributed by atoms with van der Waals surface area (Å²) in [4.78, 5) is 38.6. The molecule has 2 aromatic carbocycles. The fraction of sp³-hybridized carbons (Fsp3) is 0.250. The summed E-state index contributed by atoms with van der Waals surface area (Å²) in [6.45, 7) is 0.00711. The van der Waals surface area contributed by atoms with E-state index in [0.29, 0.717) is 16.5 Å². The van der Waals surface area contributed by atoms with Crippen LogP contribution in [0.4, 0.5) is 0 Å². The molecular weight excluding hydrogens is 360 g/mol. The molecule has 8 heteroatoms. The van der Waals surface area contributed by atoms with Gasteiger partial charge in [0.1, 0.15) is 5.52 Å². The summed E-state index contributed by atoms with van der Waals surface area (Å²) in [6, 6.07) is 15.6. The molecule has 0 fully saturated rings. The minimum absolute atomic E-state index is 0.00711. The number of hydrogen-bond acceptors (Lipinski definition) is 6. The SMILES string of the molecule is CN(C)C(=O)C(OC(=O)CCn1nnc2ccccc2c1=O)c1ccccc1. The highest BCUT2D eigenvalue weighted by Crippen LogP contribution is 2.20. The number of amides is 1. The predicted octanol–water partition coefficient (Wildman–Crippen LogP) is 1.55. The summed E-state index contributed by atoms with van der Waals surface area (Å²) in [5.74, 6) is -0.951. The van der Waals surface area contributed by atoms with E-state index in [2.05, 4.69) is 10.3 Å². The summed E-state index contributed by atoms with van der Waals surface area (Å²) in [5.41, 5.74) is 0.742. The van der Waals surface area contributed by atoms with Crippen molar-refractivity contribution in [2.24, 2.45) is 0 Å². The van der Waals surface area contributed by atoms with E-state index >= 15 is 0 Å². The lowest BCUT2D eigenvalue weighted by atomic mass is 10.1. The van der Waals surface area contributed by atoms with E-state index in [-0.39, 0.29) is 24.4 Å². The number of ether oxygens (including phenoxy) is 1. The number of aryl methyl sites for hydroxylation is 1. The molecule has 1 amide bonds. The van der Waals surface area contributed by atoms with Crippen molar-refractivity contribution < 1.29 is 14.3 Å². The van der Waals surface area contributed by atoms with Crippen molar-refractivity contribution in [3.8, 4) is 0 Å². The third-order valence-corrected chi connectivity index (χ3v) is 4.17. The van der Waals surface area contributed by atoms with Crippen LogP contribution in [0.2, 0.25) is 0 Å². The minimum atomic E-state index is -1.04. The molecular formula is C20H20N4O4. The van der Waals surface area contributed by atoms with Gasteiger partial charge < -0.3 is 9.64 Å². The fourth-order valence-corrected chi connectivity index (χ4v) is 2.68. The first-order chi connectivity index (χ1) is 13.5. The van der Waals surface area contributed by atoms with Crippen LogP contribution in [0, 0.1) is 0 Å². The van der Waals surface area contributed by atoms with Gasteiger partial charge in [0, 0.05) is 19.7 Å². The molecule has 8 nitrogen and oxygen atoms in total. The number of benzene rings is 2. The number of hydrogen-bond donors (Lipinski definition) is 0. The van der Waals surface area contributed by atoms with E-state index in [1.165, 1.54) is 4.90 Å². The van der Waals surface area contributed by atoms with Crippen molar-refractivity contribution >= 4 is 22.8 Å². The van der Waals surface area contributed by atoms with Crippen LogP contribution in [0.1, 0.15) is 18.1 Å². The largest absolute Gasteiger partial charge is 0.447 e. The van der Waals surface area contributed by atoms with Crippen LogP contribution < -0.4 is 5.56 Å². The molecule has 0 N–H and O–H groups in total. The van der Waals surface area contributed by atoms with Gasteiger partial charge in [-0.3, -0.25) is 14.4 Å². The van der Waals surface area contributed by atoms with Crippen molar-refractivity contribution in [1.29, 1.82) is 0 Å². The maximum Gasteiger partial charge on any atom is 0.308 e. The molecule has 3 aromatic rings. The smallest absolute Gasteiger partial charge is 0.308 e. The first-order valence-electron chi connectivity index (χ1n) is 8.75. The van der Waals surface area contributed by atoms with Crippen LogP contribution in [-0.4, -0.2) is 45.9 Å². The first-order valence-corrected chi connectivity index (χ1v) is 8.75. The van der Waals surface area contributed by atoms with E-state index in [1.807, 2.05) is 6.07 Å². The fourth-order valence-electron chi connectivity index (χ4n) is 2.68. The predicted molar refractivity (Wildman–Crippen MR) is 102 cm³/mol. The molecule has 0 saturated carbocycles. The van der Waals surface area contributed by atoms with Crippen LogP contribution in [0.3, 0.4) is 0 Å². The maximum absolute atomic E-state index is 12.4. The zero-order chi connectivity index (χ0) is 20.1. The molecule has 0 aliphatic rings. The van der Waals surface area contributed by atoms with Gasteiger partial charge in [0.25, 0.3) is 11.5 Å². The summed E-state index contributed by atoms with van der Waals surface area (Å²) >= 11 is 0. The zero-order valence-corrected chi connectivity index (χ0v) is 15.6. The Morgan fingerprint density at radius 3 is 2.46 bits per heavy atom. The van der Waals surface area contributed by atoms with Crippen molar-refractivity contribution in [2.45, 2.75) is 19.1 Å². The lowest BCUT2D eigenvalue weighted by Gasteiger charge is -2.21. The molecule has 0 spiro atoms. The average Bonchev–Trinajstić information content (AvgIpc) is 2.72. The van der Waals surface area contributed by atoms with E-state index in [4.69, 9.17) is 4.74 Å². The number of aromatic nitrogens is 3. The van der Waals surface area contributed by atoms with Gasteiger partial charge in [-0.05, 0) is 12.1 Å². The van der Waals surface area contributed by atoms with E-state index < -0.39 is 12.1 Å². The number of carbonyl (C=O) groups is 2. The molecule has 144 valence electrons. The van der Waals surface area contributed by atoms with Crippen LogP contribution in [-0.2, 0) is 20.9 Å². The van der Waals surface area contributed by atoms with Gasteiger partial charge in [-0.25, -0.2) is 4.68 Å².